The van der Waals surface area contributed by atoms with Gasteiger partial charge in [-0.05, 0) is 50.9 Å². The topological polar surface area (TPSA) is 160 Å². The molecular weight excluding hydrogens is 585 g/mol. The number of fused-ring (bicyclic) bond motifs is 1. The summed E-state index contributed by atoms with van der Waals surface area (Å²) in [6.07, 6.45) is -8.95. The molecule has 0 radical (unpaired) electrons. The number of nitrogens with two attached hydrogens (primary N) is 1. The second-order valence-corrected chi connectivity index (χ2v) is 13.5. The molecule has 2 saturated heterocycles. The van der Waals surface area contributed by atoms with Crippen LogP contribution in [-0.4, -0.2) is 89.0 Å². The van der Waals surface area contributed by atoms with Gasteiger partial charge >= 0.3 is 12.1 Å². The number of carbonyl (C=O) groups is 5. The summed E-state index contributed by atoms with van der Waals surface area (Å²) in [6.45, 7) is 8.45. The highest BCUT2D eigenvalue weighted by atomic mass is 19.4. The zero-order valence-electron chi connectivity index (χ0n) is 24.5. The van der Waals surface area contributed by atoms with Crippen LogP contribution in [0.4, 0.5) is 22.0 Å². The Labute approximate surface area is 245 Å². The van der Waals surface area contributed by atoms with E-state index in [0.717, 1.165) is 4.90 Å². The molecule has 11 nitrogen and oxygen atoms in total. The first-order valence-corrected chi connectivity index (χ1v) is 14.2. The van der Waals surface area contributed by atoms with Crippen LogP contribution in [0.5, 0.6) is 0 Å². The summed E-state index contributed by atoms with van der Waals surface area (Å²) < 4.78 is 71.7. The molecule has 2 heterocycles. The van der Waals surface area contributed by atoms with Crippen LogP contribution in [0.15, 0.2) is 0 Å². The smallest absolute Gasteiger partial charge is 0.372 e. The van der Waals surface area contributed by atoms with Crippen molar-refractivity contribution in [2.75, 3.05) is 6.54 Å². The number of likely N-dealkylation sites (tertiary alicyclic amines) is 1. The highest BCUT2D eigenvalue weighted by Crippen LogP contribution is 2.65. The van der Waals surface area contributed by atoms with Crippen LogP contribution in [0.1, 0.15) is 60.3 Å². The molecule has 4 fully saturated rings. The highest BCUT2D eigenvalue weighted by molar-refractivity contribution is 5.96. The van der Waals surface area contributed by atoms with Gasteiger partial charge in [0.1, 0.15) is 18.1 Å². The standard InChI is InChI=1S/C27H38F5N5O6/c1-11(43-13-8-26(28,29)9-13)17(35-23(42)27(30,31)32)22(41)37-10-14-16(25(14,4)5)18(37)21(40)34-15(19(33)38)6-12-7-24(2,3)36-20(12)39/h11-18H,6-10H2,1-5H3,(H2,33,38)(H,34,40)(H,35,42)(H,36,39)/t11-,12-,14?,15+,16?,17+,18?/m1/s1. The van der Waals surface area contributed by atoms with Crippen molar-refractivity contribution in [3.05, 3.63) is 0 Å². The van der Waals surface area contributed by atoms with Crippen molar-refractivity contribution >= 4 is 29.5 Å². The van der Waals surface area contributed by atoms with Crippen LogP contribution >= 0.6 is 0 Å². The minimum Gasteiger partial charge on any atom is -0.372 e. The van der Waals surface area contributed by atoms with Crippen LogP contribution in [0, 0.1) is 23.2 Å². The molecular formula is C27H38F5N5O6. The third-order valence-corrected chi connectivity index (χ3v) is 9.27. The first-order chi connectivity index (χ1) is 19.5. The SMILES string of the molecule is C[C@@H](OC1CC(F)(F)C1)[C@H](NC(=O)C(F)(F)F)C(=O)N1CC2C(C1C(=O)N[C@@H](C[C@@H]1CC(C)(C)NC1=O)C(N)=O)C2(C)C. The van der Waals surface area contributed by atoms with E-state index in [1.165, 1.54) is 6.92 Å². The molecule has 4 aliphatic rings. The number of primary amides is 1. The molecule has 7 atom stereocenters. The molecule has 5 amide bonds. The molecule has 2 aliphatic carbocycles. The number of halogens is 5. The minimum atomic E-state index is -5.36. The summed E-state index contributed by atoms with van der Waals surface area (Å²) in [6, 6.07) is -4.47. The van der Waals surface area contributed by atoms with Crippen molar-refractivity contribution in [3.8, 4) is 0 Å². The molecule has 0 aromatic carbocycles. The summed E-state index contributed by atoms with van der Waals surface area (Å²) in [7, 11) is 0. The van der Waals surface area contributed by atoms with Crippen molar-refractivity contribution in [2.24, 2.45) is 28.9 Å². The van der Waals surface area contributed by atoms with E-state index in [1.807, 2.05) is 13.8 Å². The molecule has 242 valence electrons. The Morgan fingerprint density at radius 1 is 1.09 bits per heavy atom. The predicted octanol–water partition coefficient (Wildman–Crippen LogP) is 0.994. The van der Waals surface area contributed by atoms with Gasteiger partial charge in [-0.25, -0.2) is 8.78 Å². The number of hydrogen-bond acceptors (Lipinski definition) is 6. The number of piperidine rings is 1. The lowest BCUT2D eigenvalue weighted by Crippen LogP contribution is -2.62. The Morgan fingerprint density at radius 2 is 1.70 bits per heavy atom. The lowest BCUT2D eigenvalue weighted by atomic mass is 9.90. The zero-order valence-corrected chi connectivity index (χ0v) is 24.5. The first-order valence-electron chi connectivity index (χ1n) is 14.2. The van der Waals surface area contributed by atoms with Gasteiger partial charge in [0.25, 0.3) is 5.92 Å². The third-order valence-electron chi connectivity index (χ3n) is 9.27. The van der Waals surface area contributed by atoms with Crippen molar-refractivity contribution in [1.82, 2.24) is 20.9 Å². The molecule has 3 unspecified atom stereocenters. The number of hydrogen-bond donors (Lipinski definition) is 4. The fraction of sp³-hybridized carbons (Fsp3) is 0.815. The molecule has 0 spiro atoms. The Bertz CT molecular complexity index is 1190. The van der Waals surface area contributed by atoms with E-state index >= 15 is 0 Å². The summed E-state index contributed by atoms with van der Waals surface area (Å²) in [4.78, 5) is 65.1. The Hall–Kier alpha value is -3.04. The van der Waals surface area contributed by atoms with E-state index in [4.69, 9.17) is 10.5 Å². The molecule has 0 aromatic heterocycles. The average Bonchev–Trinajstić information content (AvgIpc) is 3.11. The van der Waals surface area contributed by atoms with Crippen molar-refractivity contribution in [3.63, 3.8) is 0 Å². The van der Waals surface area contributed by atoms with E-state index in [0.29, 0.717) is 6.42 Å². The second-order valence-electron chi connectivity index (χ2n) is 13.5. The van der Waals surface area contributed by atoms with Gasteiger partial charge in [-0.1, -0.05) is 13.8 Å². The second kappa shape index (κ2) is 10.8. The molecule has 2 saturated carbocycles. The Morgan fingerprint density at radius 3 is 2.19 bits per heavy atom. The van der Waals surface area contributed by atoms with Crippen LogP contribution in [-0.2, 0) is 28.7 Å². The van der Waals surface area contributed by atoms with Crippen LogP contribution in [0.2, 0.25) is 0 Å². The number of ether oxygens (including phenoxy) is 1. The van der Waals surface area contributed by atoms with Crippen LogP contribution in [0.25, 0.3) is 0 Å². The fourth-order valence-corrected chi connectivity index (χ4v) is 6.85. The maximum Gasteiger partial charge on any atom is 0.471 e. The van der Waals surface area contributed by atoms with Gasteiger partial charge in [-0.3, -0.25) is 24.0 Å². The van der Waals surface area contributed by atoms with Crippen LogP contribution in [0.3, 0.4) is 0 Å². The maximum atomic E-state index is 13.8. The molecule has 5 N–H and O–H groups in total. The van der Waals surface area contributed by atoms with Crippen molar-refractivity contribution in [2.45, 2.75) is 108 Å². The number of nitrogens with one attached hydrogen (secondary N) is 3. The quantitative estimate of drug-likeness (QED) is 0.266. The number of amides is 5. The lowest BCUT2D eigenvalue weighted by molar-refractivity contribution is -0.190. The lowest BCUT2D eigenvalue weighted by Gasteiger charge is -2.39. The maximum absolute atomic E-state index is 13.8. The van der Waals surface area contributed by atoms with Gasteiger partial charge in [-0.2, -0.15) is 13.2 Å². The van der Waals surface area contributed by atoms with Gasteiger partial charge in [0.15, 0.2) is 0 Å². The largest absolute Gasteiger partial charge is 0.471 e. The average molecular weight is 624 g/mol. The van der Waals surface area contributed by atoms with E-state index in [9.17, 15) is 45.9 Å². The van der Waals surface area contributed by atoms with Crippen molar-refractivity contribution < 1.29 is 50.7 Å². The molecule has 4 rings (SSSR count). The molecule has 43 heavy (non-hydrogen) atoms. The monoisotopic (exact) mass is 623 g/mol. The van der Waals surface area contributed by atoms with E-state index in [1.54, 1.807) is 19.2 Å². The first kappa shape index (κ1) is 32.9. The van der Waals surface area contributed by atoms with Gasteiger partial charge in [0.05, 0.1) is 12.2 Å². The van der Waals surface area contributed by atoms with E-state index < -0.39 is 102 Å². The normalized spacial score (nSPS) is 30.7. The van der Waals surface area contributed by atoms with Gasteiger partial charge in [-0.15, -0.1) is 0 Å². The number of carbonyl (C=O) groups excluding carboxylic acids is 5. The Kier molecular flexibility index (Phi) is 8.29. The zero-order chi connectivity index (χ0) is 32.4. The molecule has 0 aromatic rings. The summed E-state index contributed by atoms with van der Waals surface area (Å²) >= 11 is 0. The number of nitrogens with zero attached hydrogens (tertiary/aromatic N) is 1. The number of alkyl halides is 5. The van der Waals surface area contributed by atoms with E-state index in [-0.39, 0.29) is 24.8 Å². The van der Waals surface area contributed by atoms with Crippen LogP contribution < -0.4 is 21.7 Å². The van der Waals surface area contributed by atoms with Gasteiger partial charge < -0.3 is 31.3 Å². The third kappa shape index (κ3) is 6.73. The molecule has 0 bridgehead atoms. The number of rotatable bonds is 10. The van der Waals surface area contributed by atoms with Gasteiger partial charge in [0.2, 0.25) is 23.6 Å². The fourth-order valence-electron chi connectivity index (χ4n) is 6.85. The highest BCUT2D eigenvalue weighted by Gasteiger charge is 2.70. The predicted molar refractivity (Wildman–Crippen MR) is 139 cm³/mol. The van der Waals surface area contributed by atoms with E-state index in [2.05, 4.69) is 10.6 Å². The molecule has 2 aliphatic heterocycles. The summed E-state index contributed by atoms with van der Waals surface area (Å²) in [5.41, 5.74) is 4.59. The van der Waals surface area contributed by atoms with Gasteiger partial charge in [0, 0.05) is 30.8 Å². The summed E-state index contributed by atoms with van der Waals surface area (Å²) in [5, 5.41) is 6.95. The summed E-state index contributed by atoms with van der Waals surface area (Å²) in [5.74, 6) is -9.80. The minimum absolute atomic E-state index is 0.0400. The molecule has 16 heteroatoms. The van der Waals surface area contributed by atoms with Crippen molar-refractivity contribution in [1.29, 1.82) is 0 Å². The Balaban J connectivity index is 1.54.